The fraction of sp³-hybridized carbons (Fsp3) is 0.652. The number of fused-ring (bicyclic) bond motifs is 9. The predicted octanol–water partition coefficient (Wildman–Crippen LogP) is 7.93. The highest BCUT2D eigenvalue weighted by molar-refractivity contribution is 8.22. The molecule has 0 saturated heterocycles. The third-order valence-electron chi connectivity index (χ3n) is 10.1. The Labute approximate surface area is 175 Å². The van der Waals surface area contributed by atoms with E-state index in [-0.39, 0.29) is 16.2 Å². The topological polar surface area (TPSA) is 0 Å². The molecule has 146 valence electrons. The molecule has 6 atom stereocenters. The molecule has 0 amide bonds. The van der Waals surface area contributed by atoms with Gasteiger partial charge in [-0.3, -0.25) is 0 Å². The van der Waals surface area contributed by atoms with Gasteiger partial charge < -0.3 is 0 Å². The molecule has 0 aromatic carbocycles. The first-order valence-corrected chi connectivity index (χ1v) is 16.0. The van der Waals surface area contributed by atoms with Gasteiger partial charge in [0.1, 0.15) is 0 Å². The lowest BCUT2D eigenvalue weighted by atomic mass is 9.58. The van der Waals surface area contributed by atoms with Crippen LogP contribution in [0.25, 0.3) is 0 Å². The van der Waals surface area contributed by atoms with E-state index >= 15 is 0 Å². The van der Waals surface area contributed by atoms with Crippen molar-refractivity contribution in [2.24, 2.45) is 16.2 Å². The molecule has 0 aromatic heterocycles. The minimum absolute atomic E-state index is 0.0850. The van der Waals surface area contributed by atoms with Gasteiger partial charge >= 0.3 is 0 Å². The largest absolute Gasteiger partial charge is 0.0876 e. The van der Waals surface area contributed by atoms with E-state index in [0.717, 1.165) is 0 Å². The zero-order valence-electron chi connectivity index (χ0n) is 18.4. The second-order valence-electron chi connectivity index (χ2n) is 10.6. The zero-order valence-corrected chi connectivity index (χ0v) is 21.8. The molecule has 4 bridgehead atoms. The minimum Gasteiger partial charge on any atom is -0.0876 e. The molecule has 0 spiro atoms. The molecule has 4 heterocycles. The highest BCUT2D eigenvalue weighted by Gasteiger charge is 2.73. The summed E-state index contributed by atoms with van der Waals surface area (Å²) in [5.41, 5.74) is 8.02. The Morgan fingerprint density at radius 2 is 0.963 bits per heavy atom. The van der Waals surface area contributed by atoms with Crippen molar-refractivity contribution in [3.05, 3.63) is 43.5 Å². The molecule has 0 fully saturated rings. The Kier molecular flexibility index (Phi) is 3.29. The molecule has 0 saturated carbocycles. The number of hydrogen-bond donors (Lipinski definition) is 0. The van der Waals surface area contributed by atoms with Gasteiger partial charge in [0, 0.05) is 39.6 Å². The lowest BCUT2D eigenvalue weighted by Crippen LogP contribution is -2.38. The summed E-state index contributed by atoms with van der Waals surface area (Å²) in [5, 5.41) is 6.39. The van der Waals surface area contributed by atoms with Crippen LogP contribution < -0.4 is 0 Å². The van der Waals surface area contributed by atoms with Crippen molar-refractivity contribution in [1.82, 2.24) is 0 Å². The lowest BCUT2D eigenvalue weighted by Gasteiger charge is -2.45. The van der Waals surface area contributed by atoms with Crippen LogP contribution in [-0.2, 0) is 23.6 Å². The van der Waals surface area contributed by atoms with Crippen molar-refractivity contribution in [1.29, 1.82) is 0 Å². The lowest BCUT2D eigenvalue weighted by molar-refractivity contribution is 0.328. The van der Waals surface area contributed by atoms with Crippen LogP contribution in [0.5, 0.6) is 0 Å². The molecule has 5 aliphatic rings. The Bertz CT molecular complexity index is 1020. The zero-order chi connectivity index (χ0) is 20.3. The second-order valence-corrected chi connectivity index (χ2v) is 20.4. The van der Waals surface area contributed by atoms with Gasteiger partial charge in [-0.15, -0.1) is 0 Å². The first-order chi connectivity index (χ1) is 12.2. The number of rotatable bonds is 0. The monoisotopic (exact) mass is 434 g/mol. The summed E-state index contributed by atoms with van der Waals surface area (Å²) in [7, 11) is 0. The van der Waals surface area contributed by atoms with Crippen molar-refractivity contribution >= 4 is 35.7 Å². The minimum atomic E-state index is -1.74. The molecule has 1 aliphatic carbocycles. The molecule has 0 aromatic rings. The van der Waals surface area contributed by atoms with Gasteiger partial charge in [-0.2, -0.15) is 0 Å². The highest BCUT2D eigenvalue weighted by atomic mass is 32.4. The van der Waals surface area contributed by atoms with E-state index < -0.39 is 12.1 Å². The van der Waals surface area contributed by atoms with Gasteiger partial charge in [0.05, 0.1) is 0 Å². The molecular weight excluding hydrogens is 402 g/mol. The van der Waals surface area contributed by atoms with Crippen molar-refractivity contribution in [3.8, 4) is 0 Å². The summed E-state index contributed by atoms with van der Waals surface area (Å²) in [6.07, 6.45) is 0. The average molecular weight is 435 g/mol. The van der Waals surface area contributed by atoms with Crippen LogP contribution in [0.4, 0.5) is 0 Å². The first-order valence-electron chi connectivity index (χ1n) is 10.3. The maximum absolute atomic E-state index is 6.69. The van der Waals surface area contributed by atoms with E-state index in [1.807, 2.05) is 0 Å². The molecule has 5 rings (SSSR count). The van der Waals surface area contributed by atoms with E-state index in [1.165, 1.54) is 0 Å². The van der Waals surface area contributed by atoms with Gasteiger partial charge in [0.2, 0.25) is 0 Å². The average Bonchev–Trinajstić information content (AvgIpc) is 3.13. The van der Waals surface area contributed by atoms with E-state index in [0.29, 0.717) is 11.3 Å². The Hall–Kier alpha value is 0.260. The third kappa shape index (κ3) is 1.42. The SMILES string of the molecule is CC1=C(C)P2(=S)C3=C(C(C)(C)C4=C3P3(=S)C(C)=C(C)[C@]4(C)C3C)[C@@]1(C)C2C. The molecule has 0 N–H and O–H groups in total. The summed E-state index contributed by atoms with van der Waals surface area (Å²) < 4.78 is 0. The van der Waals surface area contributed by atoms with Crippen molar-refractivity contribution < 1.29 is 0 Å². The first kappa shape index (κ1) is 19.2. The number of hydrogen-bond acceptors (Lipinski definition) is 2. The van der Waals surface area contributed by atoms with Crippen LogP contribution in [0.15, 0.2) is 43.5 Å². The van der Waals surface area contributed by atoms with E-state index in [4.69, 9.17) is 23.6 Å². The Morgan fingerprint density at radius 3 is 1.26 bits per heavy atom. The van der Waals surface area contributed by atoms with Gasteiger partial charge in [-0.25, -0.2) is 0 Å². The summed E-state index contributed by atoms with van der Waals surface area (Å²) in [6, 6.07) is -3.47. The molecule has 0 radical (unpaired) electrons. The molecule has 27 heavy (non-hydrogen) atoms. The molecule has 4 aliphatic heterocycles. The molecule has 4 heteroatoms. The van der Waals surface area contributed by atoms with E-state index in [9.17, 15) is 0 Å². The normalized spacial score (nSPS) is 51.9. The van der Waals surface area contributed by atoms with E-state index in [1.54, 1.807) is 43.5 Å². The second kappa shape index (κ2) is 4.61. The van der Waals surface area contributed by atoms with Crippen molar-refractivity contribution in [2.75, 3.05) is 0 Å². The summed E-state index contributed by atoms with van der Waals surface area (Å²) in [5.74, 6) is 0. The predicted molar refractivity (Wildman–Crippen MR) is 128 cm³/mol. The summed E-state index contributed by atoms with van der Waals surface area (Å²) >= 11 is 13.4. The quantitative estimate of drug-likeness (QED) is 0.355. The molecule has 4 unspecified atom stereocenters. The van der Waals surface area contributed by atoms with Crippen LogP contribution in [0.2, 0.25) is 0 Å². The molecular formula is C23H32P2S2. The van der Waals surface area contributed by atoms with Crippen LogP contribution >= 0.6 is 12.1 Å². The van der Waals surface area contributed by atoms with Gasteiger partial charge in [-0.05, 0) is 60.1 Å². The standard InChI is InChI=1S/C23H32P2S2/c1-11-13(3)24(26)15(5)22(11,9)19-17(24)18-20(21(19,7)8)23(10)12(2)14(4)25(18,27)16(23)6/h15-16H,1-10H3/t15?,16?,22-,23-,24?,25?/m1/s1. The number of allylic oxidation sites excluding steroid dienone is 8. The maximum atomic E-state index is 6.69. The van der Waals surface area contributed by atoms with Gasteiger partial charge in [0.25, 0.3) is 0 Å². The molecule has 0 nitrogen and oxygen atoms in total. The Balaban J connectivity index is 1.94. The third-order valence-corrected chi connectivity index (χ3v) is 23.0. The van der Waals surface area contributed by atoms with E-state index in [2.05, 4.69) is 69.2 Å². The smallest absolute Gasteiger partial charge is 0.0192 e. The van der Waals surface area contributed by atoms with Crippen LogP contribution in [0.1, 0.15) is 69.2 Å². The maximum Gasteiger partial charge on any atom is 0.0192 e. The van der Waals surface area contributed by atoms with Crippen LogP contribution in [-0.4, -0.2) is 11.3 Å². The highest BCUT2D eigenvalue weighted by Crippen LogP contribution is 2.96. The van der Waals surface area contributed by atoms with Gasteiger partial charge in [-0.1, -0.05) is 76.3 Å². The summed E-state index contributed by atoms with van der Waals surface area (Å²) in [4.78, 5) is 0. The van der Waals surface area contributed by atoms with Crippen molar-refractivity contribution in [3.63, 3.8) is 0 Å². The van der Waals surface area contributed by atoms with Gasteiger partial charge in [0.15, 0.2) is 0 Å². The van der Waals surface area contributed by atoms with Crippen LogP contribution in [0, 0.1) is 16.2 Å². The Morgan fingerprint density at radius 1 is 0.667 bits per heavy atom. The van der Waals surface area contributed by atoms with Crippen LogP contribution in [0.3, 0.4) is 0 Å². The fourth-order valence-electron chi connectivity index (χ4n) is 8.09. The summed E-state index contributed by atoms with van der Waals surface area (Å²) in [6.45, 7) is 24.4. The fourth-order valence-corrected chi connectivity index (χ4v) is 21.3. The van der Waals surface area contributed by atoms with Crippen molar-refractivity contribution in [2.45, 2.75) is 80.6 Å².